The number of imidazole rings is 2. The molecular formula is C24H28N8O. The molecule has 2 aliphatic heterocycles. The van der Waals surface area contributed by atoms with Crippen molar-refractivity contribution in [2.24, 2.45) is 18.9 Å². The van der Waals surface area contributed by atoms with Gasteiger partial charge in [0.2, 0.25) is 5.95 Å². The third-order valence-electron chi connectivity index (χ3n) is 7.44. The summed E-state index contributed by atoms with van der Waals surface area (Å²) in [4.78, 5) is 24.8. The van der Waals surface area contributed by atoms with E-state index in [4.69, 9.17) is 24.7 Å². The molecule has 9 nitrogen and oxygen atoms in total. The van der Waals surface area contributed by atoms with Crippen LogP contribution >= 0.6 is 0 Å². The molecule has 3 fully saturated rings. The maximum atomic E-state index is 5.61. The molecule has 5 heterocycles. The summed E-state index contributed by atoms with van der Waals surface area (Å²) >= 11 is 0. The molecule has 3 aromatic heterocycles. The lowest BCUT2D eigenvalue weighted by Crippen LogP contribution is -2.37. The van der Waals surface area contributed by atoms with E-state index in [2.05, 4.69) is 32.0 Å². The Kier molecular flexibility index (Phi) is 4.26. The second kappa shape index (κ2) is 7.23. The molecule has 9 heteroatoms. The number of aryl methyl sites for hydroxylation is 2. The van der Waals surface area contributed by atoms with Gasteiger partial charge in [0, 0.05) is 33.2 Å². The Bertz CT molecular complexity index is 1360. The van der Waals surface area contributed by atoms with Crippen molar-refractivity contribution in [3.8, 4) is 5.95 Å². The summed E-state index contributed by atoms with van der Waals surface area (Å²) in [5, 5.41) is 0. The highest BCUT2D eigenvalue weighted by Gasteiger charge is 2.45. The Morgan fingerprint density at radius 2 is 1.79 bits per heavy atom. The van der Waals surface area contributed by atoms with Gasteiger partial charge in [-0.05, 0) is 37.3 Å². The van der Waals surface area contributed by atoms with Gasteiger partial charge in [0.05, 0.1) is 30.8 Å². The fraction of sp³-hybridized carbons (Fsp3) is 0.500. The summed E-state index contributed by atoms with van der Waals surface area (Å²) in [7, 11) is 2.08. The van der Waals surface area contributed by atoms with Gasteiger partial charge in [-0.2, -0.15) is 9.97 Å². The summed E-state index contributed by atoms with van der Waals surface area (Å²) in [6.45, 7) is 8.27. The van der Waals surface area contributed by atoms with Crippen LogP contribution in [0.3, 0.4) is 0 Å². The van der Waals surface area contributed by atoms with Gasteiger partial charge in [-0.3, -0.25) is 9.47 Å². The summed E-state index contributed by atoms with van der Waals surface area (Å²) in [6.07, 6.45) is 1.41. The lowest BCUT2D eigenvalue weighted by molar-refractivity contribution is 0.122. The standard InChI is InChI=1S/C24H28N8O/c1-15-25-18-5-3-4-6-19(18)32(15)24-27-22-21(23(28-24)31-7-9-33-10-8-31)26-20(29(22)2)14-30-12-16-11-17(16)13-30/h3-6,16-17H,7-14H2,1-2H3. The second-order valence-corrected chi connectivity index (χ2v) is 9.64. The molecule has 1 saturated carbocycles. The van der Waals surface area contributed by atoms with Crippen LogP contribution in [0, 0.1) is 18.8 Å². The first kappa shape index (κ1) is 19.4. The van der Waals surface area contributed by atoms with Crippen LogP contribution in [0.15, 0.2) is 24.3 Å². The molecule has 33 heavy (non-hydrogen) atoms. The van der Waals surface area contributed by atoms with Crippen LogP contribution in [0.4, 0.5) is 5.82 Å². The van der Waals surface area contributed by atoms with Gasteiger partial charge in [0.15, 0.2) is 17.0 Å². The molecule has 0 spiro atoms. The van der Waals surface area contributed by atoms with E-state index in [0.717, 1.165) is 71.1 Å². The smallest absolute Gasteiger partial charge is 0.239 e. The van der Waals surface area contributed by atoms with Gasteiger partial charge in [-0.1, -0.05) is 12.1 Å². The van der Waals surface area contributed by atoms with E-state index in [1.54, 1.807) is 0 Å². The third kappa shape index (κ3) is 3.13. The van der Waals surface area contributed by atoms with Crippen molar-refractivity contribution in [2.45, 2.75) is 19.9 Å². The topological polar surface area (TPSA) is 77.1 Å². The van der Waals surface area contributed by atoms with Crippen LogP contribution in [0.5, 0.6) is 0 Å². The summed E-state index contributed by atoms with van der Waals surface area (Å²) in [5.41, 5.74) is 3.72. The van der Waals surface area contributed by atoms with E-state index in [0.29, 0.717) is 19.2 Å². The number of para-hydroxylation sites is 2. The maximum absolute atomic E-state index is 5.61. The van der Waals surface area contributed by atoms with Gasteiger partial charge >= 0.3 is 0 Å². The number of hydrogen-bond donors (Lipinski definition) is 0. The SMILES string of the molecule is Cc1nc2ccccc2n1-c1nc(N2CCOCC2)c2nc(CN3CC4CC4C3)n(C)c2n1. The predicted octanol–water partition coefficient (Wildman–Crippen LogP) is 2.30. The van der Waals surface area contributed by atoms with E-state index in [1.165, 1.54) is 19.5 Å². The molecule has 170 valence electrons. The fourth-order valence-corrected chi connectivity index (χ4v) is 5.54. The summed E-state index contributed by atoms with van der Waals surface area (Å²) in [5.74, 6) is 5.29. The van der Waals surface area contributed by atoms with E-state index in [1.807, 2.05) is 25.1 Å². The minimum atomic E-state index is 0.646. The predicted molar refractivity (Wildman–Crippen MR) is 126 cm³/mol. The highest BCUT2D eigenvalue weighted by Crippen LogP contribution is 2.45. The van der Waals surface area contributed by atoms with Crippen LogP contribution < -0.4 is 4.90 Å². The number of rotatable bonds is 4. The van der Waals surface area contributed by atoms with E-state index in [9.17, 15) is 0 Å². The number of ether oxygens (including phenoxy) is 1. The minimum absolute atomic E-state index is 0.646. The number of fused-ring (bicyclic) bond motifs is 3. The van der Waals surface area contributed by atoms with Gasteiger partial charge in [-0.15, -0.1) is 0 Å². The average Bonchev–Trinajstić information content (AvgIpc) is 3.14. The Morgan fingerprint density at radius 1 is 1.00 bits per heavy atom. The molecule has 0 amide bonds. The zero-order valence-electron chi connectivity index (χ0n) is 19.1. The van der Waals surface area contributed by atoms with E-state index >= 15 is 0 Å². The van der Waals surface area contributed by atoms with Gasteiger partial charge < -0.3 is 14.2 Å². The number of morpholine rings is 1. The number of nitrogens with zero attached hydrogens (tertiary/aromatic N) is 8. The quantitative estimate of drug-likeness (QED) is 0.478. The Labute approximate surface area is 192 Å². The number of aromatic nitrogens is 6. The molecule has 0 N–H and O–H groups in total. The zero-order chi connectivity index (χ0) is 22.1. The highest BCUT2D eigenvalue weighted by atomic mass is 16.5. The Balaban J connectivity index is 1.39. The lowest BCUT2D eigenvalue weighted by Gasteiger charge is -2.28. The lowest BCUT2D eigenvalue weighted by atomic mass is 10.3. The number of benzene rings is 1. The first-order valence-electron chi connectivity index (χ1n) is 11.9. The molecule has 7 rings (SSSR count). The van der Waals surface area contributed by atoms with E-state index < -0.39 is 0 Å². The molecular weight excluding hydrogens is 416 g/mol. The van der Waals surface area contributed by atoms with Crippen LogP contribution in [-0.2, 0) is 18.3 Å². The molecule has 2 unspecified atom stereocenters. The van der Waals surface area contributed by atoms with Crippen molar-refractivity contribution in [1.29, 1.82) is 0 Å². The normalized spacial score (nSPS) is 23.0. The van der Waals surface area contributed by atoms with Crippen LogP contribution in [0.2, 0.25) is 0 Å². The number of hydrogen-bond acceptors (Lipinski definition) is 7. The second-order valence-electron chi connectivity index (χ2n) is 9.64. The minimum Gasteiger partial charge on any atom is -0.378 e. The van der Waals surface area contributed by atoms with Gasteiger partial charge in [-0.25, -0.2) is 9.97 Å². The van der Waals surface area contributed by atoms with Gasteiger partial charge in [0.1, 0.15) is 11.6 Å². The Morgan fingerprint density at radius 3 is 2.61 bits per heavy atom. The van der Waals surface area contributed by atoms with Crippen molar-refractivity contribution in [1.82, 2.24) is 34.0 Å². The average molecular weight is 445 g/mol. The molecule has 2 saturated heterocycles. The summed E-state index contributed by atoms with van der Waals surface area (Å²) in [6, 6.07) is 8.15. The molecule has 0 radical (unpaired) electrons. The first-order chi connectivity index (χ1) is 16.2. The first-order valence-corrected chi connectivity index (χ1v) is 11.9. The highest BCUT2D eigenvalue weighted by molar-refractivity contribution is 5.86. The molecule has 1 aromatic carbocycles. The Hall–Kier alpha value is -3.04. The fourth-order valence-electron chi connectivity index (χ4n) is 5.54. The van der Waals surface area contributed by atoms with Crippen molar-refractivity contribution in [3.63, 3.8) is 0 Å². The number of likely N-dealkylation sites (tertiary alicyclic amines) is 1. The van der Waals surface area contributed by atoms with E-state index in [-0.39, 0.29) is 0 Å². The van der Waals surface area contributed by atoms with Crippen molar-refractivity contribution >= 4 is 28.0 Å². The number of anilines is 1. The molecule has 0 bridgehead atoms. The maximum Gasteiger partial charge on any atom is 0.239 e. The van der Waals surface area contributed by atoms with Gasteiger partial charge in [0.25, 0.3) is 0 Å². The monoisotopic (exact) mass is 444 g/mol. The molecule has 2 atom stereocenters. The molecule has 3 aliphatic rings. The van der Waals surface area contributed by atoms with Crippen molar-refractivity contribution in [3.05, 3.63) is 35.9 Å². The largest absolute Gasteiger partial charge is 0.378 e. The van der Waals surface area contributed by atoms with Crippen molar-refractivity contribution < 1.29 is 4.74 Å². The molecule has 4 aromatic rings. The number of piperidine rings is 1. The third-order valence-corrected chi connectivity index (χ3v) is 7.44. The van der Waals surface area contributed by atoms with Crippen molar-refractivity contribution in [2.75, 3.05) is 44.3 Å². The summed E-state index contributed by atoms with van der Waals surface area (Å²) < 4.78 is 9.82. The van der Waals surface area contributed by atoms with Crippen LogP contribution in [0.25, 0.3) is 28.1 Å². The zero-order valence-corrected chi connectivity index (χ0v) is 19.1. The molecule has 1 aliphatic carbocycles. The van der Waals surface area contributed by atoms with Crippen LogP contribution in [0.1, 0.15) is 18.1 Å². The van der Waals surface area contributed by atoms with Crippen LogP contribution in [-0.4, -0.2) is 73.4 Å².